The maximum atomic E-state index is 12.2. The Labute approximate surface area is 164 Å². The molecule has 0 saturated heterocycles. The maximum Gasteiger partial charge on any atom is 0.338 e. The van der Waals surface area contributed by atoms with E-state index in [1.54, 1.807) is 36.0 Å². The van der Waals surface area contributed by atoms with Crippen molar-refractivity contribution in [2.24, 2.45) is 0 Å². The van der Waals surface area contributed by atoms with Crippen molar-refractivity contribution in [2.75, 3.05) is 17.7 Å². The summed E-state index contributed by atoms with van der Waals surface area (Å²) in [6.45, 7) is 2.28. The van der Waals surface area contributed by atoms with Crippen LogP contribution >= 0.6 is 23.5 Å². The SMILES string of the molecule is CCCOC(=O)c1cccc(NC(=O)CSc2nc3c(c(=O)[nH]2)CSC3)c1. The molecule has 2 aromatic rings. The van der Waals surface area contributed by atoms with E-state index in [0.29, 0.717) is 28.8 Å². The highest BCUT2D eigenvalue weighted by atomic mass is 32.2. The number of rotatable bonds is 7. The molecule has 1 aromatic heterocycles. The summed E-state index contributed by atoms with van der Waals surface area (Å²) in [6.07, 6.45) is 0.747. The fourth-order valence-electron chi connectivity index (χ4n) is 2.44. The van der Waals surface area contributed by atoms with E-state index >= 15 is 0 Å². The number of aromatic amines is 1. The number of ether oxygens (including phenoxy) is 1. The van der Waals surface area contributed by atoms with Crippen LogP contribution < -0.4 is 10.9 Å². The Balaban J connectivity index is 1.58. The van der Waals surface area contributed by atoms with Gasteiger partial charge in [0.05, 0.1) is 23.6 Å². The minimum atomic E-state index is -0.417. The fraction of sp³-hybridized carbons (Fsp3) is 0.333. The Morgan fingerprint density at radius 3 is 3.04 bits per heavy atom. The van der Waals surface area contributed by atoms with Gasteiger partial charge < -0.3 is 15.0 Å². The number of amides is 1. The number of esters is 1. The molecule has 0 fully saturated rings. The van der Waals surface area contributed by atoms with Crippen LogP contribution in [0, 0.1) is 0 Å². The maximum absolute atomic E-state index is 12.2. The quantitative estimate of drug-likeness (QED) is 0.415. The Hall–Kier alpha value is -2.26. The van der Waals surface area contributed by atoms with Crippen molar-refractivity contribution in [2.45, 2.75) is 30.0 Å². The second-order valence-corrected chi connectivity index (χ2v) is 7.79. The number of nitrogens with zero attached hydrogens (tertiary/aromatic N) is 1. The van der Waals surface area contributed by atoms with Crippen LogP contribution in [0.3, 0.4) is 0 Å². The molecule has 7 nitrogen and oxygen atoms in total. The van der Waals surface area contributed by atoms with Crippen molar-refractivity contribution < 1.29 is 14.3 Å². The van der Waals surface area contributed by atoms with Crippen LogP contribution in [-0.4, -0.2) is 34.2 Å². The molecule has 0 radical (unpaired) electrons. The lowest BCUT2D eigenvalue weighted by Crippen LogP contribution is -2.17. The highest BCUT2D eigenvalue weighted by Gasteiger charge is 2.18. The summed E-state index contributed by atoms with van der Waals surface area (Å²) < 4.78 is 5.09. The first-order valence-corrected chi connectivity index (χ1v) is 10.6. The largest absolute Gasteiger partial charge is 0.462 e. The van der Waals surface area contributed by atoms with Crippen molar-refractivity contribution in [3.8, 4) is 0 Å². The van der Waals surface area contributed by atoms with Crippen LogP contribution in [0.4, 0.5) is 5.69 Å². The topological polar surface area (TPSA) is 101 Å². The van der Waals surface area contributed by atoms with Gasteiger partial charge in [0.15, 0.2) is 5.16 Å². The molecule has 0 saturated carbocycles. The number of nitrogens with one attached hydrogen (secondary N) is 2. The molecule has 1 amide bonds. The van der Waals surface area contributed by atoms with Gasteiger partial charge in [-0.3, -0.25) is 9.59 Å². The van der Waals surface area contributed by atoms with Crippen LogP contribution in [0.25, 0.3) is 0 Å². The van der Waals surface area contributed by atoms with Crippen molar-refractivity contribution >= 4 is 41.1 Å². The van der Waals surface area contributed by atoms with Gasteiger partial charge >= 0.3 is 5.97 Å². The minimum Gasteiger partial charge on any atom is -0.462 e. The smallest absolute Gasteiger partial charge is 0.338 e. The summed E-state index contributed by atoms with van der Waals surface area (Å²) in [5.74, 6) is 0.830. The van der Waals surface area contributed by atoms with E-state index in [0.717, 1.165) is 23.4 Å². The second-order valence-electron chi connectivity index (χ2n) is 5.84. The van der Waals surface area contributed by atoms with E-state index in [1.807, 2.05) is 6.92 Å². The molecule has 27 heavy (non-hydrogen) atoms. The van der Waals surface area contributed by atoms with Gasteiger partial charge in [0.2, 0.25) is 5.91 Å². The van der Waals surface area contributed by atoms with E-state index in [1.165, 1.54) is 11.8 Å². The number of hydrogen-bond acceptors (Lipinski definition) is 7. The Morgan fingerprint density at radius 1 is 1.37 bits per heavy atom. The molecule has 142 valence electrons. The van der Waals surface area contributed by atoms with Crippen molar-refractivity contribution in [1.82, 2.24) is 9.97 Å². The number of hydrogen-bond donors (Lipinski definition) is 2. The van der Waals surface area contributed by atoms with E-state index in [2.05, 4.69) is 15.3 Å². The van der Waals surface area contributed by atoms with Crippen molar-refractivity contribution in [3.05, 3.63) is 51.4 Å². The molecule has 2 N–H and O–H groups in total. The van der Waals surface area contributed by atoms with Crippen LogP contribution in [0.15, 0.2) is 34.2 Å². The fourth-order valence-corrected chi connectivity index (χ4v) is 4.16. The monoisotopic (exact) mass is 405 g/mol. The van der Waals surface area contributed by atoms with Gasteiger partial charge in [-0.2, -0.15) is 11.8 Å². The van der Waals surface area contributed by atoms with Gasteiger partial charge in [0, 0.05) is 22.8 Å². The minimum absolute atomic E-state index is 0.0966. The third-order valence-corrected chi connectivity index (χ3v) is 5.57. The normalized spacial score (nSPS) is 12.5. The number of carbonyl (C=O) groups excluding carboxylic acids is 2. The lowest BCUT2D eigenvalue weighted by Gasteiger charge is -2.08. The highest BCUT2D eigenvalue weighted by Crippen LogP contribution is 2.26. The van der Waals surface area contributed by atoms with Gasteiger partial charge in [0.25, 0.3) is 5.56 Å². The summed E-state index contributed by atoms with van der Waals surface area (Å²) in [7, 11) is 0. The van der Waals surface area contributed by atoms with Gasteiger partial charge in [-0.25, -0.2) is 9.78 Å². The van der Waals surface area contributed by atoms with E-state index in [9.17, 15) is 14.4 Å². The number of H-pyrrole nitrogens is 1. The third kappa shape index (κ3) is 5.14. The molecular formula is C18H19N3O4S2. The van der Waals surface area contributed by atoms with Gasteiger partial charge in [-0.05, 0) is 24.6 Å². The first-order chi connectivity index (χ1) is 13.1. The van der Waals surface area contributed by atoms with Gasteiger partial charge in [-0.15, -0.1) is 0 Å². The summed E-state index contributed by atoms with van der Waals surface area (Å²) in [5, 5.41) is 3.18. The molecule has 3 rings (SSSR count). The zero-order valence-corrected chi connectivity index (χ0v) is 16.4. The van der Waals surface area contributed by atoms with Crippen molar-refractivity contribution in [3.63, 3.8) is 0 Å². The molecule has 0 spiro atoms. The molecule has 9 heteroatoms. The number of fused-ring (bicyclic) bond motifs is 1. The van der Waals surface area contributed by atoms with Crippen LogP contribution in [0.5, 0.6) is 0 Å². The number of anilines is 1. The molecule has 0 unspecified atom stereocenters. The molecule has 0 aliphatic carbocycles. The standard InChI is InChI=1S/C18H19N3O4S2/c1-2-6-25-17(24)11-4-3-5-12(7-11)19-15(22)10-27-18-20-14-9-26-8-13(14)16(23)21-18/h3-5,7H,2,6,8-10H2,1H3,(H,19,22)(H,20,21,23). The second kappa shape index (κ2) is 9.09. The predicted molar refractivity (Wildman–Crippen MR) is 106 cm³/mol. The summed E-state index contributed by atoms with van der Waals surface area (Å²) >= 11 is 2.82. The zero-order chi connectivity index (χ0) is 19.2. The summed E-state index contributed by atoms with van der Waals surface area (Å²) in [5.41, 5.74) is 2.28. The summed E-state index contributed by atoms with van der Waals surface area (Å²) in [6, 6.07) is 6.60. The molecule has 0 atom stereocenters. The molecular weight excluding hydrogens is 386 g/mol. The Morgan fingerprint density at radius 2 is 2.22 bits per heavy atom. The third-order valence-electron chi connectivity index (χ3n) is 3.72. The van der Waals surface area contributed by atoms with Gasteiger partial charge in [0.1, 0.15) is 0 Å². The average molecular weight is 406 g/mol. The van der Waals surface area contributed by atoms with Crippen LogP contribution in [0.1, 0.15) is 35.0 Å². The molecule has 1 aliphatic rings. The molecule has 1 aliphatic heterocycles. The van der Waals surface area contributed by atoms with Gasteiger partial charge in [-0.1, -0.05) is 24.8 Å². The average Bonchev–Trinajstić information content (AvgIpc) is 3.14. The number of aromatic nitrogens is 2. The van der Waals surface area contributed by atoms with E-state index in [4.69, 9.17) is 4.74 Å². The Kier molecular flexibility index (Phi) is 6.57. The lowest BCUT2D eigenvalue weighted by molar-refractivity contribution is -0.113. The molecule has 0 bridgehead atoms. The van der Waals surface area contributed by atoms with Crippen LogP contribution in [0.2, 0.25) is 0 Å². The Bertz CT molecular complexity index is 914. The molecule has 2 heterocycles. The number of carbonyl (C=O) groups is 2. The number of benzene rings is 1. The summed E-state index contributed by atoms with van der Waals surface area (Å²) in [4.78, 5) is 43.2. The number of thioether (sulfide) groups is 2. The van der Waals surface area contributed by atoms with E-state index in [-0.39, 0.29) is 17.2 Å². The highest BCUT2D eigenvalue weighted by molar-refractivity contribution is 7.99. The van der Waals surface area contributed by atoms with Crippen molar-refractivity contribution in [1.29, 1.82) is 0 Å². The predicted octanol–water partition coefficient (Wildman–Crippen LogP) is 2.81. The first kappa shape index (κ1) is 19.5. The lowest BCUT2D eigenvalue weighted by atomic mass is 10.2. The van der Waals surface area contributed by atoms with E-state index < -0.39 is 5.97 Å². The zero-order valence-electron chi connectivity index (χ0n) is 14.7. The first-order valence-electron chi connectivity index (χ1n) is 8.46. The van der Waals surface area contributed by atoms with Crippen LogP contribution in [-0.2, 0) is 21.0 Å². The molecule has 1 aromatic carbocycles.